The van der Waals surface area contributed by atoms with Crippen LogP contribution >= 0.6 is 0 Å². The summed E-state index contributed by atoms with van der Waals surface area (Å²) in [6, 6.07) is 0. The smallest absolute Gasteiger partial charge is 0.233 e. The number of imide groups is 1. The minimum Gasteiger partial charge on any atom is -0.327 e. The van der Waals surface area contributed by atoms with Gasteiger partial charge in [0.2, 0.25) is 11.8 Å². The molecule has 5 heteroatoms. The number of likely N-dealkylation sites (N-methyl/N-ethyl adjacent to an activating group) is 1. The van der Waals surface area contributed by atoms with Crippen molar-refractivity contribution in [2.45, 2.75) is 40.0 Å². The number of carbonyl (C=O) groups is 3. The fraction of sp³-hybridized carbons (Fsp3) is 0.812. The summed E-state index contributed by atoms with van der Waals surface area (Å²) in [5, 5.41) is 0. The minimum absolute atomic E-state index is 0.0151. The topological polar surface area (TPSA) is 54.5 Å². The first-order valence-corrected chi connectivity index (χ1v) is 7.79. The Kier molecular flexibility index (Phi) is 6.08. The first kappa shape index (κ1) is 17.8. The zero-order valence-electron chi connectivity index (χ0n) is 14.0. The van der Waals surface area contributed by atoms with E-state index in [1.54, 1.807) is 6.92 Å². The quantitative estimate of drug-likeness (QED) is 0.503. The molecule has 1 heterocycles. The summed E-state index contributed by atoms with van der Waals surface area (Å²) in [6.07, 6.45) is 1.80. The van der Waals surface area contributed by atoms with Crippen molar-refractivity contribution in [3.05, 3.63) is 0 Å². The molecule has 0 spiro atoms. The van der Waals surface area contributed by atoms with Crippen LogP contribution in [-0.2, 0) is 14.4 Å². The second-order valence-corrected chi connectivity index (χ2v) is 7.13. The number of nitrogens with zero attached hydrogens (tertiary/aromatic N) is 2. The van der Waals surface area contributed by atoms with E-state index in [1.165, 1.54) is 4.90 Å². The predicted molar refractivity (Wildman–Crippen MR) is 81.4 cm³/mol. The molecule has 0 aromatic rings. The molecule has 21 heavy (non-hydrogen) atoms. The highest BCUT2D eigenvalue weighted by atomic mass is 16.2. The lowest BCUT2D eigenvalue weighted by Gasteiger charge is -2.31. The highest BCUT2D eigenvalue weighted by Crippen LogP contribution is 2.26. The first-order valence-electron chi connectivity index (χ1n) is 7.79. The third-order valence-corrected chi connectivity index (χ3v) is 4.30. The van der Waals surface area contributed by atoms with Gasteiger partial charge in [-0.25, -0.2) is 0 Å². The van der Waals surface area contributed by atoms with Crippen LogP contribution in [0.5, 0.6) is 0 Å². The molecule has 1 fully saturated rings. The molecule has 1 saturated heterocycles. The first-order chi connectivity index (χ1) is 9.64. The van der Waals surface area contributed by atoms with Gasteiger partial charge in [-0.3, -0.25) is 14.5 Å². The van der Waals surface area contributed by atoms with Crippen LogP contribution in [-0.4, -0.2) is 60.7 Å². The van der Waals surface area contributed by atoms with E-state index in [4.69, 9.17) is 0 Å². The molecule has 1 rings (SSSR count). The molecule has 2 amide bonds. The molecular weight excluding hydrogens is 268 g/mol. The van der Waals surface area contributed by atoms with E-state index < -0.39 is 0 Å². The van der Waals surface area contributed by atoms with Gasteiger partial charge in [-0.15, -0.1) is 0 Å². The number of hydrogen-bond donors (Lipinski definition) is 0. The van der Waals surface area contributed by atoms with Gasteiger partial charge in [0.15, 0.2) is 0 Å². The molecule has 0 radical (unpaired) electrons. The van der Waals surface area contributed by atoms with Gasteiger partial charge >= 0.3 is 0 Å². The zero-order valence-corrected chi connectivity index (χ0v) is 14.0. The van der Waals surface area contributed by atoms with Crippen LogP contribution in [0.2, 0.25) is 0 Å². The maximum absolute atomic E-state index is 12.2. The highest BCUT2D eigenvalue weighted by Gasteiger charge is 2.40. The fourth-order valence-corrected chi connectivity index (χ4v) is 2.70. The Bertz CT molecular complexity index is 416. The summed E-state index contributed by atoms with van der Waals surface area (Å²) in [5.74, 6) is 0.219. The predicted octanol–water partition coefficient (Wildman–Crippen LogP) is 1.46. The average Bonchev–Trinajstić information content (AvgIpc) is 2.62. The lowest BCUT2D eigenvalue weighted by atomic mass is 9.94. The molecule has 1 aliphatic heterocycles. The van der Waals surface area contributed by atoms with E-state index in [2.05, 4.69) is 14.1 Å². The lowest BCUT2D eigenvalue weighted by molar-refractivity contribution is -0.889. The summed E-state index contributed by atoms with van der Waals surface area (Å²) in [4.78, 5) is 36.6. The number of amides is 2. The molecule has 5 nitrogen and oxygen atoms in total. The van der Waals surface area contributed by atoms with Gasteiger partial charge < -0.3 is 9.28 Å². The molecule has 0 aliphatic carbocycles. The third-order valence-electron chi connectivity index (χ3n) is 4.30. The van der Waals surface area contributed by atoms with Crippen LogP contribution in [0.15, 0.2) is 0 Å². The maximum atomic E-state index is 12.2. The van der Waals surface area contributed by atoms with Gasteiger partial charge in [0.05, 0.1) is 33.7 Å². The Hall–Kier alpha value is -1.23. The Balaban J connectivity index is 2.48. The number of likely N-dealkylation sites (tertiary alicyclic amines) is 1. The zero-order chi connectivity index (χ0) is 16.2. The number of quaternary nitrogens is 1. The van der Waals surface area contributed by atoms with Gasteiger partial charge in [-0.05, 0) is 12.8 Å². The van der Waals surface area contributed by atoms with Crippen molar-refractivity contribution >= 4 is 17.6 Å². The van der Waals surface area contributed by atoms with Crippen molar-refractivity contribution in [3.63, 3.8) is 0 Å². The minimum atomic E-state index is -0.147. The van der Waals surface area contributed by atoms with Crippen molar-refractivity contribution in [3.8, 4) is 0 Å². The molecule has 0 aromatic heterocycles. The second-order valence-electron chi connectivity index (χ2n) is 7.13. The molecular formula is C16H29N2O3+. The number of rotatable bonds is 8. The van der Waals surface area contributed by atoms with Crippen molar-refractivity contribution in [2.24, 2.45) is 11.8 Å². The van der Waals surface area contributed by atoms with Crippen LogP contribution in [0.4, 0.5) is 0 Å². The van der Waals surface area contributed by atoms with E-state index in [1.807, 2.05) is 13.8 Å². The lowest BCUT2D eigenvalue weighted by Crippen LogP contribution is -2.47. The number of Topliss-reactive ketones (excluding diaryl/α,β-unsaturated/α-hetero) is 1. The molecule has 120 valence electrons. The normalized spacial score (nSPS) is 19.7. The van der Waals surface area contributed by atoms with Crippen LogP contribution in [0.3, 0.4) is 0 Å². The summed E-state index contributed by atoms with van der Waals surface area (Å²) in [5.41, 5.74) is 0. The Labute approximate surface area is 127 Å². The van der Waals surface area contributed by atoms with Crippen LogP contribution in [0.25, 0.3) is 0 Å². The van der Waals surface area contributed by atoms with Crippen LogP contribution < -0.4 is 0 Å². The van der Waals surface area contributed by atoms with Crippen molar-refractivity contribution in [2.75, 3.05) is 33.7 Å². The summed E-state index contributed by atoms with van der Waals surface area (Å²) < 4.78 is 0.719. The number of ketones is 1. The van der Waals surface area contributed by atoms with E-state index in [9.17, 15) is 14.4 Å². The standard InChI is InChI=1S/C16H29N2O3/c1-12(2)14-11-15(20)17(16(14)21)8-10-18(4,5)9-6-7-13(3)19/h12,14H,6-11H2,1-5H3/q+1. The third kappa shape index (κ3) is 5.23. The molecule has 0 saturated carbocycles. The summed E-state index contributed by atoms with van der Waals surface area (Å²) in [7, 11) is 4.15. The molecule has 0 bridgehead atoms. The number of hydrogen-bond acceptors (Lipinski definition) is 3. The fourth-order valence-electron chi connectivity index (χ4n) is 2.70. The molecule has 1 unspecified atom stereocenters. The van der Waals surface area contributed by atoms with Crippen molar-refractivity contribution < 1.29 is 18.9 Å². The summed E-state index contributed by atoms with van der Waals surface area (Å²) in [6.45, 7) is 7.67. The van der Waals surface area contributed by atoms with Crippen LogP contribution in [0.1, 0.15) is 40.0 Å². The summed E-state index contributed by atoms with van der Waals surface area (Å²) >= 11 is 0. The van der Waals surface area contributed by atoms with Gasteiger partial charge in [-0.2, -0.15) is 0 Å². The number of carbonyl (C=O) groups excluding carboxylic acids is 3. The van der Waals surface area contributed by atoms with E-state index in [0.717, 1.165) is 24.0 Å². The van der Waals surface area contributed by atoms with Gasteiger partial charge in [0.25, 0.3) is 0 Å². The molecule has 0 aromatic carbocycles. The average molecular weight is 297 g/mol. The van der Waals surface area contributed by atoms with Crippen LogP contribution in [0, 0.1) is 11.8 Å². The largest absolute Gasteiger partial charge is 0.327 e. The van der Waals surface area contributed by atoms with E-state index in [0.29, 0.717) is 19.4 Å². The highest BCUT2D eigenvalue weighted by molar-refractivity contribution is 6.03. The Morgan fingerprint density at radius 1 is 1.29 bits per heavy atom. The maximum Gasteiger partial charge on any atom is 0.233 e. The van der Waals surface area contributed by atoms with Gasteiger partial charge in [0, 0.05) is 25.2 Å². The molecule has 1 atom stereocenters. The molecule has 0 N–H and O–H groups in total. The SMILES string of the molecule is CC(=O)CCC[N+](C)(C)CCN1C(=O)CC(C(C)C)C1=O. The van der Waals surface area contributed by atoms with E-state index in [-0.39, 0.29) is 29.4 Å². The van der Waals surface area contributed by atoms with Crippen molar-refractivity contribution in [1.29, 1.82) is 0 Å². The monoisotopic (exact) mass is 297 g/mol. The Morgan fingerprint density at radius 2 is 1.90 bits per heavy atom. The van der Waals surface area contributed by atoms with Gasteiger partial charge in [0.1, 0.15) is 5.78 Å². The van der Waals surface area contributed by atoms with E-state index >= 15 is 0 Å². The Morgan fingerprint density at radius 3 is 2.38 bits per heavy atom. The van der Waals surface area contributed by atoms with Crippen molar-refractivity contribution in [1.82, 2.24) is 4.90 Å². The second kappa shape index (κ2) is 7.16. The molecule has 1 aliphatic rings. The van der Waals surface area contributed by atoms with Gasteiger partial charge in [-0.1, -0.05) is 13.8 Å².